The number of aromatic nitrogens is 1. The Hall–Kier alpha value is -3.26. The summed E-state index contributed by atoms with van der Waals surface area (Å²) in [5, 5.41) is 3.36. The molecule has 2 aromatic carbocycles. The lowest BCUT2D eigenvalue weighted by atomic mass is 10.1. The Bertz CT molecular complexity index is 1140. The van der Waals surface area contributed by atoms with Crippen LogP contribution >= 0.6 is 0 Å². The van der Waals surface area contributed by atoms with Crippen molar-refractivity contribution in [1.29, 1.82) is 0 Å². The van der Waals surface area contributed by atoms with Crippen LogP contribution < -0.4 is 10.0 Å². The first-order chi connectivity index (χ1) is 14.0. The minimum atomic E-state index is -4.07. The molecule has 0 bridgehead atoms. The Kier molecular flexibility index (Phi) is 6.23. The maximum absolute atomic E-state index is 13.1. The van der Waals surface area contributed by atoms with E-state index in [2.05, 4.69) is 15.0 Å². The summed E-state index contributed by atoms with van der Waals surface area (Å²) in [7, 11) is -4.07. The van der Waals surface area contributed by atoms with Crippen LogP contribution in [0, 0.1) is 0 Å². The van der Waals surface area contributed by atoms with Gasteiger partial charge in [0.2, 0.25) is 0 Å². The second-order valence-electron chi connectivity index (χ2n) is 6.49. The zero-order chi connectivity index (χ0) is 20.9. The molecule has 0 aliphatic carbocycles. The minimum absolute atomic E-state index is 0.0313. The predicted molar refractivity (Wildman–Crippen MR) is 111 cm³/mol. The predicted octanol–water partition coefficient (Wildman–Crippen LogP) is 3.13. The standard InChI is InChI=1S/C21H21N3O4S/c1-2-7-16(14-25)23-21(26)17-10-3-4-12-19(17)29(27,28)24-18-11-5-8-15-9-6-13-22-20(15)18/h3-6,8-14,16,24H,2,7H2,1H3,(H,23,26). The first-order valence-electron chi connectivity index (χ1n) is 9.18. The number of fused-ring (bicyclic) bond motifs is 1. The molecular weight excluding hydrogens is 390 g/mol. The number of benzene rings is 2. The summed E-state index contributed by atoms with van der Waals surface area (Å²) in [5.74, 6) is -0.618. The summed E-state index contributed by atoms with van der Waals surface area (Å²) in [6.45, 7) is 1.89. The molecule has 1 amide bonds. The third-order valence-electron chi connectivity index (χ3n) is 4.38. The average molecular weight is 411 g/mol. The lowest BCUT2D eigenvalue weighted by Gasteiger charge is -2.15. The molecule has 1 aromatic heterocycles. The molecule has 0 fully saturated rings. The monoisotopic (exact) mass is 411 g/mol. The fourth-order valence-corrected chi connectivity index (χ4v) is 4.28. The first-order valence-corrected chi connectivity index (χ1v) is 10.7. The van der Waals surface area contributed by atoms with Gasteiger partial charge in [-0.1, -0.05) is 43.7 Å². The van der Waals surface area contributed by atoms with E-state index >= 15 is 0 Å². The molecule has 0 saturated heterocycles. The van der Waals surface area contributed by atoms with E-state index in [1.54, 1.807) is 30.5 Å². The van der Waals surface area contributed by atoms with Crippen molar-refractivity contribution in [1.82, 2.24) is 10.3 Å². The third kappa shape index (κ3) is 4.60. The second kappa shape index (κ2) is 8.83. The zero-order valence-electron chi connectivity index (χ0n) is 15.8. The van der Waals surface area contributed by atoms with Gasteiger partial charge in [-0.25, -0.2) is 8.42 Å². The first kappa shape index (κ1) is 20.5. The van der Waals surface area contributed by atoms with Gasteiger partial charge in [0.15, 0.2) is 0 Å². The number of carbonyl (C=O) groups excluding carboxylic acids is 2. The number of aldehydes is 1. The van der Waals surface area contributed by atoms with Crippen molar-refractivity contribution in [2.24, 2.45) is 0 Å². The zero-order valence-corrected chi connectivity index (χ0v) is 16.6. The number of sulfonamides is 1. The molecule has 1 heterocycles. The van der Waals surface area contributed by atoms with E-state index in [0.29, 0.717) is 30.3 Å². The molecule has 0 spiro atoms. The van der Waals surface area contributed by atoms with Gasteiger partial charge in [0.25, 0.3) is 15.9 Å². The van der Waals surface area contributed by atoms with E-state index < -0.39 is 22.0 Å². The largest absolute Gasteiger partial charge is 0.342 e. The number of nitrogens with one attached hydrogen (secondary N) is 2. The van der Waals surface area contributed by atoms with Gasteiger partial charge in [0.1, 0.15) is 11.2 Å². The summed E-state index contributed by atoms with van der Waals surface area (Å²) >= 11 is 0. The number of hydrogen-bond donors (Lipinski definition) is 2. The molecule has 3 rings (SSSR count). The van der Waals surface area contributed by atoms with Crippen molar-refractivity contribution >= 4 is 38.8 Å². The Morgan fingerprint density at radius 2 is 1.86 bits per heavy atom. The molecule has 0 radical (unpaired) electrons. The summed E-state index contributed by atoms with van der Waals surface area (Å²) < 4.78 is 28.7. The molecular formula is C21H21N3O4S. The van der Waals surface area contributed by atoms with Crippen molar-refractivity contribution in [3.05, 3.63) is 66.4 Å². The molecule has 150 valence electrons. The number of nitrogens with zero attached hydrogens (tertiary/aromatic N) is 1. The quantitative estimate of drug-likeness (QED) is 0.554. The lowest BCUT2D eigenvalue weighted by molar-refractivity contribution is -0.109. The van der Waals surface area contributed by atoms with Crippen LogP contribution in [-0.2, 0) is 14.8 Å². The van der Waals surface area contributed by atoms with Crippen molar-refractivity contribution in [3.63, 3.8) is 0 Å². The van der Waals surface area contributed by atoms with Gasteiger partial charge in [0.05, 0.1) is 22.8 Å². The molecule has 0 aliphatic rings. The van der Waals surface area contributed by atoms with Gasteiger partial charge in [-0.2, -0.15) is 0 Å². The van der Waals surface area contributed by atoms with Crippen LogP contribution in [0.3, 0.4) is 0 Å². The van der Waals surface area contributed by atoms with E-state index in [1.807, 2.05) is 19.1 Å². The smallest absolute Gasteiger partial charge is 0.262 e. The van der Waals surface area contributed by atoms with Crippen molar-refractivity contribution in [2.75, 3.05) is 4.72 Å². The Morgan fingerprint density at radius 1 is 1.10 bits per heavy atom. The highest BCUT2D eigenvalue weighted by molar-refractivity contribution is 7.92. The maximum Gasteiger partial charge on any atom is 0.262 e. The van der Waals surface area contributed by atoms with Gasteiger partial charge < -0.3 is 10.1 Å². The highest BCUT2D eigenvalue weighted by Crippen LogP contribution is 2.25. The van der Waals surface area contributed by atoms with Crippen LogP contribution in [0.4, 0.5) is 5.69 Å². The number of rotatable bonds is 8. The molecule has 0 aliphatic heterocycles. The topological polar surface area (TPSA) is 105 Å². The highest BCUT2D eigenvalue weighted by atomic mass is 32.2. The van der Waals surface area contributed by atoms with E-state index in [0.717, 1.165) is 5.39 Å². The number of pyridine rings is 1. The maximum atomic E-state index is 13.1. The molecule has 1 unspecified atom stereocenters. The Balaban J connectivity index is 1.95. The van der Waals surface area contributed by atoms with Crippen molar-refractivity contribution in [2.45, 2.75) is 30.7 Å². The molecule has 1 atom stereocenters. The van der Waals surface area contributed by atoms with Crippen LogP contribution in [0.2, 0.25) is 0 Å². The Labute approximate surface area is 169 Å². The van der Waals surface area contributed by atoms with E-state index in [1.165, 1.54) is 18.2 Å². The van der Waals surface area contributed by atoms with E-state index in [-0.39, 0.29) is 10.5 Å². The number of para-hydroxylation sites is 1. The van der Waals surface area contributed by atoms with E-state index in [9.17, 15) is 18.0 Å². The summed E-state index contributed by atoms with van der Waals surface area (Å²) in [5.41, 5.74) is 0.788. The van der Waals surface area contributed by atoms with Gasteiger partial charge in [-0.15, -0.1) is 0 Å². The average Bonchev–Trinajstić information content (AvgIpc) is 2.73. The molecule has 2 N–H and O–H groups in total. The van der Waals surface area contributed by atoms with Gasteiger partial charge >= 0.3 is 0 Å². The lowest BCUT2D eigenvalue weighted by Crippen LogP contribution is -2.36. The van der Waals surface area contributed by atoms with Gasteiger partial charge in [0, 0.05) is 11.6 Å². The van der Waals surface area contributed by atoms with Gasteiger partial charge in [-0.05, 0) is 30.7 Å². The minimum Gasteiger partial charge on any atom is -0.342 e. The summed E-state index contributed by atoms with van der Waals surface area (Å²) in [4.78, 5) is 27.9. The normalized spacial score (nSPS) is 12.3. The third-order valence-corrected chi connectivity index (χ3v) is 5.80. The number of anilines is 1. The molecule has 29 heavy (non-hydrogen) atoms. The fraction of sp³-hybridized carbons (Fsp3) is 0.190. The molecule has 8 heteroatoms. The second-order valence-corrected chi connectivity index (χ2v) is 8.14. The SMILES string of the molecule is CCCC(C=O)NC(=O)c1ccccc1S(=O)(=O)Nc1cccc2cccnc12. The fourth-order valence-electron chi connectivity index (χ4n) is 3.01. The number of carbonyl (C=O) groups is 2. The Morgan fingerprint density at radius 3 is 2.62 bits per heavy atom. The number of hydrogen-bond acceptors (Lipinski definition) is 5. The summed E-state index contributed by atoms with van der Waals surface area (Å²) in [6, 6.07) is 14.0. The van der Waals surface area contributed by atoms with E-state index in [4.69, 9.17) is 0 Å². The number of amides is 1. The van der Waals surface area contributed by atoms with Crippen LogP contribution in [0.15, 0.2) is 65.7 Å². The van der Waals surface area contributed by atoms with Gasteiger partial charge in [-0.3, -0.25) is 14.5 Å². The van der Waals surface area contributed by atoms with Crippen LogP contribution in [0.1, 0.15) is 30.1 Å². The highest BCUT2D eigenvalue weighted by Gasteiger charge is 2.24. The molecule has 0 saturated carbocycles. The van der Waals surface area contributed by atoms with Crippen molar-refractivity contribution < 1.29 is 18.0 Å². The molecule has 7 nitrogen and oxygen atoms in total. The van der Waals surface area contributed by atoms with Crippen LogP contribution in [-0.4, -0.2) is 31.6 Å². The summed E-state index contributed by atoms with van der Waals surface area (Å²) in [6.07, 6.45) is 3.41. The van der Waals surface area contributed by atoms with Crippen LogP contribution in [0.25, 0.3) is 10.9 Å². The van der Waals surface area contributed by atoms with Crippen molar-refractivity contribution in [3.8, 4) is 0 Å². The molecule has 3 aromatic rings. The van der Waals surface area contributed by atoms with Crippen LogP contribution in [0.5, 0.6) is 0 Å².